The Labute approximate surface area is 145 Å². The maximum atomic E-state index is 12.8. The molecule has 1 heterocycles. The fraction of sp³-hybridized carbons (Fsp3) is 0.278. The second-order valence-corrected chi connectivity index (χ2v) is 6.23. The molecule has 0 aliphatic carbocycles. The normalized spacial score (nSPS) is 10.7. The minimum absolute atomic E-state index is 0.0438. The van der Waals surface area contributed by atoms with Gasteiger partial charge in [0.15, 0.2) is 0 Å². The quantitative estimate of drug-likeness (QED) is 0.894. The number of hydrogen-bond donors (Lipinski definition) is 1. The van der Waals surface area contributed by atoms with Crippen molar-refractivity contribution < 1.29 is 14.7 Å². The summed E-state index contributed by atoms with van der Waals surface area (Å²) in [5, 5.41) is 9.68. The zero-order chi connectivity index (χ0) is 17.9. The monoisotopic (exact) mass is 346 g/mol. The summed E-state index contributed by atoms with van der Waals surface area (Å²) in [4.78, 5) is 29.7. The van der Waals surface area contributed by atoms with Crippen LogP contribution in [0.25, 0.3) is 0 Å². The lowest BCUT2D eigenvalue weighted by Crippen LogP contribution is -2.37. The maximum Gasteiger partial charge on any atom is 0.337 e. The number of halogens is 1. The average Bonchev–Trinajstić information content (AvgIpc) is 2.51. The van der Waals surface area contributed by atoms with Gasteiger partial charge in [0.2, 0.25) is 0 Å². The van der Waals surface area contributed by atoms with Crippen molar-refractivity contribution in [2.75, 3.05) is 0 Å². The third kappa shape index (κ3) is 4.11. The van der Waals surface area contributed by atoms with Crippen molar-refractivity contribution in [1.82, 2.24) is 9.88 Å². The van der Waals surface area contributed by atoms with Gasteiger partial charge in [-0.1, -0.05) is 23.7 Å². The summed E-state index contributed by atoms with van der Waals surface area (Å²) in [5.41, 5.74) is 1.56. The van der Waals surface area contributed by atoms with Gasteiger partial charge in [0.05, 0.1) is 11.3 Å². The smallest absolute Gasteiger partial charge is 0.337 e. The van der Waals surface area contributed by atoms with Gasteiger partial charge in [0, 0.05) is 17.6 Å². The molecule has 5 nitrogen and oxygen atoms in total. The molecule has 1 amide bonds. The Morgan fingerprint density at radius 3 is 2.50 bits per heavy atom. The number of hydrogen-bond acceptors (Lipinski definition) is 3. The Morgan fingerprint density at radius 1 is 1.25 bits per heavy atom. The molecule has 6 heteroatoms. The number of carbonyl (C=O) groups is 2. The average molecular weight is 347 g/mol. The van der Waals surface area contributed by atoms with E-state index in [-0.39, 0.29) is 23.2 Å². The van der Waals surface area contributed by atoms with E-state index in [9.17, 15) is 9.59 Å². The summed E-state index contributed by atoms with van der Waals surface area (Å²) >= 11 is 6.00. The number of carboxylic acids is 1. The SMILES string of the molecule is Cc1nc(C(=O)N(Cc2cccc(Cl)c2)C(C)C)ccc1C(=O)O. The molecule has 1 aromatic heterocycles. The highest BCUT2D eigenvalue weighted by Crippen LogP contribution is 2.17. The fourth-order valence-electron chi connectivity index (χ4n) is 2.37. The topological polar surface area (TPSA) is 70.5 Å². The highest BCUT2D eigenvalue weighted by molar-refractivity contribution is 6.30. The predicted molar refractivity (Wildman–Crippen MR) is 92.4 cm³/mol. The predicted octanol–water partition coefficient (Wildman–Crippen LogP) is 3.79. The van der Waals surface area contributed by atoms with E-state index in [1.165, 1.54) is 12.1 Å². The molecule has 0 unspecified atom stereocenters. The summed E-state index contributed by atoms with van der Waals surface area (Å²) < 4.78 is 0. The molecular weight excluding hydrogens is 328 g/mol. The lowest BCUT2D eigenvalue weighted by molar-refractivity contribution is 0.0672. The summed E-state index contributed by atoms with van der Waals surface area (Å²) in [6.45, 7) is 5.82. The largest absolute Gasteiger partial charge is 0.478 e. The van der Waals surface area contributed by atoms with Crippen LogP contribution in [-0.2, 0) is 6.54 Å². The van der Waals surface area contributed by atoms with Crippen molar-refractivity contribution in [3.8, 4) is 0 Å². The molecule has 126 valence electrons. The minimum atomic E-state index is -1.06. The van der Waals surface area contributed by atoms with Crippen molar-refractivity contribution in [1.29, 1.82) is 0 Å². The number of carboxylic acid groups (broad SMARTS) is 1. The molecule has 0 bridgehead atoms. The first-order valence-electron chi connectivity index (χ1n) is 7.56. The number of amides is 1. The first-order chi connectivity index (χ1) is 11.3. The molecule has 0 atom stereocenters. The molecule has 0 fully saturated rings. The van der Waals surface area contributed by atoms with E-state index in [1.54, 1.807) is 17.9 Å². The minimum Gasteiger partial charge on any atom is -0.478 e. The summed E-state index contributed by atoms with van der Waals surface area (Å²) in [6.07, 6.45) is 0. The third-order valence-electron chi connectivity index (χ3n) is 3.66. The lowest BCUT2D eigenvalue weighted by atomic mass is 10.1. The maximum absolute atomic E-state index is 12.8. The fourth-order valence-corrected chi connectivity index (χ4v) is 2.59. The van der Waals surface area contributed by atoms with E-state index in [0.717, 1.165) is 5.56 Å². The Hall–Kier alpha value is -2.40. The second-order valence-electron chi connectivity index (χ2n) is 5.79. The van der Waals surface area contributed by atoms with E-state index in [4.69, 9.17) is 16.7 Å². The molecule has 24 heavy (non-hydrogen) atoms. The Balaban J connectivity index is 2.29. The number of nitrogens with zero attached hydrogens (tertiary/aromatic N) is 2. The number of rotatable bonds is 5. The summed E-state index contributed by atoms with van der Waals surface area (Å²) in [5.74, 6) is -1.30. The zero-order valence-corrected chi connectivity index (χ0v) is 14.5. The lowest BCUT2D eigenvalue weighted by Gasteiger charge is -2.27. The van der Waals surface area contributed by atoms with Crippen LogP contribution in [0.1, 0.15) is 46.0 Å². The molecular formula is C18H19ClN2O3. The van der Waals surface area contributed by atoms with E-state index in [0.29, 0.717) is 17.3 Å². The first kappa shape index (κ1) is 17.9. The second kappa shape index (κ2) is 7.45. The van der Waals surface area contributed by atoms with Crippen LogP contribution < -0.4 is 0 Å². The number of carbonyl (C=O) groups excluding carboxylic acids is 1. The summed E-state index contributed by atoms with van der Waals surface area (Å²) in [7, 11) is 0. The van der Waals surface area contributed by atoms with E-state index in [2.05, 4.69) is 4.98 Å². The van der Waals surface area contributed by atoms with Crippen LogP contribution in [0.4, 0.5) is 0 Å². The number of benzene rings is 1. The highest BCUT2D eigenvalue weighted by atomic mass is 35.5. The van der Waals surface area contributed by atoms with Crippen LogP contribution in [0.5, 0.6) is 0 Å². The molecule has 0 aliphatic heterocycles. The molecule has 0 spiro atoms. The molecule has 0 aliphatic rings. The molecule has 0 saturated carbocycles. The van der Waals surface area contributed by atoms with E-state index >= 15 is 0 Å². The Bertz CT molecular complexity index is 775. The zero-order valence-electron chi connectivity index (χ0n) is 13.8. The van der Waals surface area contributed by atoms with Gasteiger partial charge in [-0.3, -0.25) is 4.79 Å². The molecule has 2 aromatic rings. The van der Waals surface area contributed by atoms with Gasteiger partial charge < -0.3 is 10.0 Å². The van der Waals surface area contributed by atoms with Crippen LogP contribution in [-0.4, -0.2) is 32.9 Å². The van der Waals surface area contributed by atoms with Gasteiger partial charge in [-0.05, 0) is 50.6 Å². The van der Waals surface area contributed by atoms with Gasteiger partial charge in [0.1, 0.15) is 5.69 Å². The van der Waals surface area contributed by atoms with Crippen molar-refractivity contribution in [2.45, 2.75) is 33.4 Å². The van der Waals surface area contributed by atoms with Crippen molar-refractivity contribution in [3.63, 3.8) is 0 Å². The Kier molecular flexibility index (Phi) is 5.57. The van der Waals surface area contributed by atoms with Crippen LogP contribution in [0.3, 0.4) is 0 Å². The molecule has 2 rings (SSSR count). The van der Waals surface area contributed by atoms with Crippen LogP contribution >= 0.6 is 11.6 Å². The molecule has 0 saturated heterocycles. The number of pyridine rings is 1. The van der Waals surface area contributed by atoms with Crippen LogP contribution in [0.2, 0.25) is 5.02 Å². The van der Waals surface area contributed by atoms with Gasteiger partial charge in [-0.25, -0.2) is 9.78 Å². The number of aromatic carboxylic acids is 1. The van der Waals surface area contributed by atoms with Gasteiger partial charge in [-0.15, -0.1) is 0 Å². The Morgan fingerprint density at radius 2 is 1.96 bits per heavy atom. The van der Waals surface area contributed by atoms with Crippen LogP contribution in [0, 0.1) is 6.92 Å². The third-order valence-corrected chi connectivity index (χ3v) is 3.90. The van der Waals surface area contributed by atoms with Crippen molar-refractivity contribution in [2.24, 2.45) is 0 Å². The van der Waals surface area contributed by atoms with Gasteiger partial charge >= 0.3 is 5.97 Å². The summed E-state index contributed by atoms with van der Waals surface area (Å²) in [6, 6.07) is 10.2. The van der Waals surface area contributed by atoms with Crippen molar-refractivity contribution >= 4 is 23.5 Å². The highest BCUT2D eigenvalue weighted by Gasteiger charge is 2.21. The van der Waals surface area contributed by atoms with Gasteiger partial charge in [-0.2, -0.15) is 0 Å². The number of aryl methyl sites for hydroxylation is 1. The van der Waals surface area contributed by atoms with E-state index < -0.39 is 5.97 Å². The molecule has 1 aromatic carbocycles. The molecule has 0 radical (unpaired) electrons. The number of aromatic nitrogens is 1. The van der Waals surface area contributed by atoms with Crippen LogP contribution in [0.15, 0.2) is 36.4 Å². The van der Waals surface area contributed by atoms with E-state index in [1.807, 2.05) is 32.0 Å². The standard InChI is InChI=1S/C18H19ClN2O3/c1-11(2)21(10-13-5-4-6-14(19)9-13)17(22)16-8-7-15(18(23)24)12(3)20-16/h4-9,11H,10H2,1-3H3,(H,23,24). The van der Waals surface area contributed by atoms with Crippen molar-refractivity contribution in [3.05, 3.63) is 63.9 Å². The van der Waals surface area contributed by atoms with Gasteiger partial charge in [0.25, 0.3) is 5.91 Å². The first-order valence-corrected chi connectivity index (χ1v) is 7.93. The molecule has 1 N–H and O–H groups in total.